The van der Waals surface area contributed by atoms with Crippen molar-refractivity contribution in [1.82, 2.24) is 4.98 Å². The van der Waals surface area contributed by atoms with Crippen molar-refractivity contribution in [2.75, 3.05) is 0 Å². The van der Waals surface area contributed by atoms with Gasteiger partial charge in [-0.1, -0.05) is 46.2 Å². The monoisotopic (exact) mass is 396 g/mol. The highest BCUT2D eigenvalue weighted by atomic mass is 79.9. The van der Waals surface area contributed by atoms with E-state index in [0.717, 1.165) is 32.2 Å². The number of hydrogen-bond acceptors (Lipinski definition) is 3. The van der Waals surface area contributed by atoms with Gasteiger partial charge in [0.25, 0.3) is 0 Å². The molecule has 2 aromatic carbocycles. The molecule has 4 heteroatoms. The van der Waals surface area contributed by atoms with E-state index in [4.69, 9.17) is 4.98 Å². The van der Waals surface area contributed by atoms with Crippen LogP contribution < -0.4 is 0 Å². The van der Waals surface area contributed by atoms with Crippen LogP contribution in [0.3, 0.4) is 0 Å². The summed E-state index contributed by atoms with van der Waals surface area (Å²) in [5.41, 5.74) is 8.21. The molecule has 0 radical (unpaired) electrons. The van der Waals surface area contributed by atoms with E-state index < -0.39 is 0 Å². The fraction of sp³-hybridized carbons (Fsp3) is 0.238. The third kappa shape index (κ3) is 3.19. The van der Waals surface area contributed by atoms with Gasteiger partial charge < -0.3 is 5.21 Å². The van der Waals surface area contributed by atoms with Gasteiger partial charge in [-0.05, 0) is 62.1 Å². The molecule has 0 atom stereocenters. The van der Waals surface area contributed by atoms with Crippen molar-refractivity contribution in [3.63, 3.8) is 0 Å². The topological polar surface area (TPSA) is 45.5 Å². The molecular formula is C21H21BrN2O. The number of rotatable bonds is 3. The van der Waals surface area contributed by atoms with Crippen molar-refractivity contribution >= 4 is 32.5 Å². The predicted molar refractivity (Wildman–Crippen MR) is 108 cm³/mol. The Hall–Kier alpha value is -2.20. The van der Waals surface area contributed by atoms with Gasteiger partial charge in [-0.25, -0.2) is 0 Å². The number of halogens is 1. The second-order valence-corrected chi connectivity index (χ2v) is 7.24. The lowest BCUT2D eigenvalue weighted by molar-refractivity contribution is 0.318. The van der Waals surface area contributed by atoms with Crippen molar-refractivity contribution in [3.05, 3.63) is 63.3 Å². The van der Waals surface area contributed by atoms with Gasteiger partial charge in [0.1, 0.15) is 0 Å². The van der Waals surface area contributed by atoms with E-state index >= 15 is 0 Å². The van der Waals surface area contributed by atoms with Crippen LogP contribution >= 0.6 is 15.9 Å². The first kappa shape index (κ1) is 17.6. The molecule has 25 heavy (non-hydrogen) atoms. The Bertz CT molecular complexity index is 970. The molecular weight excluding hydrogens is 376 g/mol. The van der Waals surface area contributed by atoms with Crippen molar-refractivity contribution in [1.29, 1.82) is 0 Å². The van der Waals surface area contributed by atoms with Gasteiger partial charge in [0.05, 0.1) is 11.2 Å². The van der Waals surface area contributed by atoms with Crippen LogP contribution in [0.1, 0.15) is 35.7 Å². The van der Waals surface area contributed by atoms with Gasteiger partial charge in [-0.2, -0.15) is 0 Å². The van der Waals surface area contributed by atoms with Crippen LogP contribution in [0.4, 0.5) is 0 Å². The quantitative estimate of drug-likeness (QED) is 0.326. The zero-order valence-corrected chi connectivity index (χ0v) is 16.5. The van der Waals surface area contributed by atoms with Crippen LogP contribution in [-0.4, -0.2) is 15.9 Å². The van der Waals surface area contributed by atoms with Crippen molar-refractivity contribution < 1.29 is 5.21 Å². The minimum atomic E-state index is 0.662. The average Bonchev–Trinajstić information content (AvgIpc) is 2.55. The van der Waals surface area contributed by atoms with E-state index in [2.05, 4.69) is 53.1 Å². The molecule has 1 aromatic heterocycles. The van der Waals surface area contributed by atoms with Crippen LogP contribution in [0.15, 0.2) is 46.0 Å². The number of oxime groups is 1. The number of aryl methyl sites for hydroxylation is 3. The van der Waals surface area contributed by atoms with E-state index in [1.807, 2.05) is 32.0 Å². The molecule has 3 nitrogen and oxygen atoms in total. The summed E-state index contributed by atoms with van der Waals surface area (Å²) in [4.78, 5) is 4.82. The van der Waals surface area contributed by atoms with Crippen LogP contribution in [0.5, 0.6) is 0 Å². The number of aromatic nitrogens is 1. The first-order chi connectivity index (χ1) is 12.0. The molecule has 0 aliphatic heterocycles. The molecule has 0 saturated heterocycles. The zero-order chi connectivity index (χ0) is 18.1. The highest BCUT2D eigenvalue weighted by Crippen LogP contribution is 2.35. The van der Waals surface area contributed by atoms with Gasteiger partial charge in [0.2, 0.25) is 0 Å². The number of nitrogens with zero attached hydrogens (tertiary/aromatic N) is 2. The standard InChI is InChI=1S/C21H21BrN2O/c1-5-19(24-25)18-11-14(4)23-21-16(18)7-6-8-17(21)20-12(2)9-15(22)10-13(20)3/h6-11,25H,5H2,1-4H3/b24-19-. The van der Waals surface area contributed by atoms with Crippen molar-refractivity contribution in [2.24, 2.45) is 5.16 Å². The summed E-state index contributed by atoms with van der Waals surface area (Å²) in [7, 11) is 0. The summed E-state index contributed by atoms with van der Waals surface area (Å²) < 4.78 is 1.08. The molecule has 1 heterocycles. The molecule has 0 bridgehead atoms. The Kier molecular flexibility index (Phi) is 4.91. The lowest BCUT2D eigenvalue weighted by Crippen LogP contribution is -2.03. The Balaban J connectivity index is 2.40. The van der Waals surface area contributed by atoms with Gasteiger partial charge in [-0.3, -0.25) is 4.98 Å². The van der Waals surface area contributed by atoms with Crippen LogP contribution in [-0.2, 0) is 0 Å². The molecule has 0 aliphatic carbocycles. The fourth-order valence-corrected chi connectivity index (χ4v) is 4.15. The predicted octanol–water partition coefficient (Wildman–Crippen LogP) is 6.18. The highest BCUT2D eigenvalue weighted by Gasteiger charge is 2.15. The Morgan fingerprint density at radius 1 is 1.12 bits per heavy atom. The van der Waals surface area contributed by atoms with Crippen molar-refractivity contribution in [3.8, 4) is 11.1 Å². The molecule has 128 valence electrons. The molecule has 1 N–H and O–H groups in total. The third-order valence-electron chi connectivity index (χ3n) is 4.50. The maximum atomic E-state index is 9.40. The smallest absolute Gasteiger partial charge is 0.0872 e. The molecule has 3 rings (SSSR count). The third-order valence-corrected chi connectivity index (χ3v) is 4.96. The van der Waals surface area contributed by atoms with E-state index in [-0.39, 0.29) is 0 Å². The second-order valence-electron chi connectivity index (χ2n) is 6.33. The maximum Gasteiger partial charge on any atom is 0.0872 e. The summed E-state index contributed by atoms with van der Waals surface area (Å²) >= 11 is 3.57. The summed E-state index contributed by atoms with van der Waals surface area (Å²) in [6.07, 6.45) is 0.662. The van der Waals surface area contributed by atoms with Crippen LogP contribution in [0.25, 0.3) is 22.0 Å². The fourth-order valence-electron chi connectivity index (χ4n) is 3.47. The summed E-state index contributed by atoms with van der Waals surface area (Å²) in [5, 5.41) is 13.9. The first-order valence-electron chi connectivity index (χ1n) is 8.35. The highest BCUT2D eigenvalue weighted by molar-refractivity contribution is 9.10. The van der Waals surface area contributed by atoms with E-state index in [9.17, 15) is 5.21 Å². The number of para-hydroxylation sites is 1. The van der Waals surface area contributed by atoms with Crippen LogP contribution in [0.2, 0.25) is 0 Å². The SMILES string of the molecule is CC/C(=N/O)c1cc(C)nc2c(-c3c(C)cc(Br)cc3C)cccc12. The Labute approximate surface area is 156 Å². The average molecular weight is 397 g/mol. The number of pyridine rings is 1. The molecule has 0 fully saturated rings. The lowest BCUT2D eigenvalue weighted by atomic mass is 9.92. The summed E-state index contributed by atoms with van der Waals surface area (Å²) in [6.45, 7) is 8.21. The normalized spacial score (nSPS) is 12.0. The molecule has 0 aliphatic rings. The molecule has 0 saturated carbocycles. The van der Waals surface area contributed by atoms with Crippen molar-refractivity contribution in [2.45, 2.75) is 34.1 Å². The van der Waals surface area contributed by atoms with Gasteiger partial charge in [0.15, 0.2) is 0 Å². The van der Waals surface area contributed by atoms with Gasteiger partial charge >= 0.3 is 0 Å². The largest absolute Gasteiger partial charge is 0.411 e. The number of benzene rings is 2. The first-order valence-corrected chi connectivity index (χ1v) is 9.14. The van der Waals surface area contributed by atoms with Gasteiger partial charge in [-0.15, -0.1) is 0 Å². The zero-order valence-electron chi connectivity index (χ0n) is 14.9. The minimum Gasteiger partial charge on any atom is -0.411 e. The molecule has 0 spiro atoms. The maximum absolute atomic E-state index is 9.40. The minimum absolute atomic E-state index is 0.662. The Morgan fingerprint density at radius 2 is 1.80 bits per heavy atom. The molecule has 0 unspecified atom stereocenters. The number of fused-ring (bicyclic) bond motifs is 1. The van der Waals surface area contributed by atoms with Gasteiger partial charge in [0, 0.05) is 26.7 Å². The summed E-state index contributed by atoms with van der Waals surface area (Å²) in [5.74, 6) is 0. The second kappa shape index (κ2) is 6.96. The van der Waals surface area contributed by atoms with E-state index in [1.165, 1.54) is 16.7 Å². The van der Waals surface area contributed by atoms with E-state index in [0.29, 0.717) is 12.1 Å². The van der Waals surface area contributed by atoms with Crippen LogP contribution in [0, 0.1) is 20.8 Å². The molecule has 0 amide bonds. The molecule has 3 aromatic rings. The Morgan fingerprint density at radius 3 is 2.40 bits per heavy atom. The lowest BCUT2D eigenvalue weighted by Gasteiger charge is -2.15. The summed E-state index contributed by atoms with van der Waals surface area (Å²) in [6, 6.07) is 12.5. The van der Waals surface area contributed by atoms with E-state index in [1.54, 1.807) is 0 Å². The number of hydrogen-bond donors (Lipinski definition) is 1.